The van der Waals surface area contributed by atoms with Crippen molar-refractivity contribution < 1.29 is 9.18 Å². The van der Waals surface area contributed by atoms with E-state index in [1.54, 1.807) is 0 Å². The summed E-state index contributed by atoms with van der Waals surface area (Å²) in [4.78, 5) is 14.4. The van der Waals surface area contributed by atoms with Gasteiger partial charge >= 0.3 is 0 Å². The number of H-pyrrole nitrogens is 1. The van der Waals surface area contributed by atoms with Gasteiger partial charge in [-0.15, -0.1) is 0 Å². The van der Waals surface area contributed by atoms with Crippen LogP contribution in [-0.4, -0.2) is 18.3 Å². The first-order chi connectivity index (χ1) is 14.1. The van der Waals surface area contributed by atoms with Crippen LogP contribution in [0.3, 0.4) is 0 Å². The molecule has 0 radical (unpaired) electrons. The van der Waals surface area contributed by atoms with Gasteiger partial charge in [-0.1, -0.05) is 18.2 Å². The molecule has 0 spiro atoms. The highest BCUT2D eigenvalue weighted by Crippen LogP contribution is 2.23. The number of aldehydes is 1. The second kappa shape index (κ2) is 9.80. The van der Waals surface area contributed by atoms with E-state index in [1.165, 1.54) is 24.1 Å². The van der Waals surface area contributed by atoms with E-state index in [9.17, 15) is 9.18 Å². The van der Waals surface area contributed by atoms with Gasteiger partial charge in [0, 0.05) is 34.2 Å². The summed E-state index contributed by atoms with van der Waals surface area (Å²) >= 11 is 1.47. The summed E-state index contributed by atoms with van der Waals surface area (Å²) in [6.45, 7) is 1.88. The monoisotopic (exact) mass is 407 g/mol. The van der Waals surface area contributed by atoms with Gasteiger partial charge in [0.1, 0.15) is 5.82 Å². The van der Waals surface area contributed by atoms with E-state index in [4.69, 9.17) is 0 Å². The molecule has 0 aliphatic carbocycles. The van der Waals surface area contributed by atoms with E-state index < -0.39 is 0 Å². The summed E-state index contributed by atoms with van der Waals surface area (Å²) in [5.74, 6) is -0.219. The van der Waals surface area contributed by atoms with Crippen molar-refractivity contribution in [2.45, 2.75) is 11.8 Å². The molecule has 0 saturated heterocycles. The van der Waals surface area contributed by atoms with E-state index >= 15 is 0 Å². The normalized spacial score (nSPS) is 10.2. The van der Waals surface area contributed by atoms with Gasteiger partial charge in [0.05, 0.1) is 5.69 Å². The molecule has 148 valence electrons. The number of anilines is 2. The summed E-state index contributed by atoms with van der Waals surface area (Å²) < 4.78 is 16.3. The molecule has 4 rings (SSSR count). The third kappa shape index (κ3) is 5.86. The molecule has 0 aliphatic heterocycles. The van der Waals surface area contributed by atoms with Crippen molar-refractivity contribution in [3.05, 3.63) is 89.9 Å². The van der Waals surface area contributed by atoms with Gasteiger partial charge < -0.3 is 15.0 Å². The second-order valence-electron chi connectivity index (χ2n) is 6.43. The lowest BCUT2D eigenvalue weighted by molar-refractivity contribution is 0.112. The molecule has 3 N–H and O–H groups in total. The molecule has 6 heteroatoms. The van der Waals surface area contributed by atoms with E-state index in [0.29, 0.717) is 5.69 Å². The minimum absolute atomic E-state index is 0.219. The fraction of sp³-hybridized carbons (Fsp3) is 0.0870. The number of aryl methyl sites for hydroxylation is 1. The smallest absolute Gasteiger partial charge is 0.166 e. The highest BCUT2D eigenvalue weighted by atomic mass is 32.2. The number of benzene rings is 3. The predicted molar refractivity (Wildman–Crippen MR) is 120 cm³/mol. The molecule has 1 aromatic heterocycles. The van der Waals surface area contributed by atoms with Crippen molar-refractivity contribution in [1.29, 1.82) is 0 Å². The number of nitrogens with one attached hydrogen (secondary N) is 3. The molecular weight excluding hydrogens is 385 g/mol. The number of aromatic amines is 1. The van der Waals surface area contributed by atoms with E-state index in [-0.39, 0.29) is 5.82 Å². The number of aromatic nitrogens is 1. The fourth-order valence-corrected chi connectivity index (χ4v) is 3.39. The van der Waals surface area contributed by atoms with E-state index in [0.717, 1.165) is 39.0 Å². The SMILES string of the molecule is CNc1ccc(SNc2cc(C)cc(F)c2)cc1.O=Cc1cc2ccccc2[nH]1. The lowest BCUT2D eigenvalue weighted by atomic mass is 10.2. The van der Waals surface area contributed by atoms with Gasteiger partial charge in [0.25, 0.3) is 0 Å². The molecule has 0 aliphatic rings. The number of fused-ring (bicyclic) bond motifs is 1. The summed E-state index contributed by atoms with van der Waals surface area (Å²) in [6, 6.07) is 22.6. The summed E-state index contributed by atoms with van der Waals surface area (Å²) in [5, 5.41) is 4.14. The largest absolute Gasteiger partial charge is 0.388 e. The van der Waals surface area contributed by atoms with Crippen molar-refractivity contribution >= 4 is 40.5 Å². The highest BCUT2D eigenvalue weighted by Gasteiger charge is 1.99. The summed E-state index contributed by atoms with van der Waals surface area (Å²) in [5.41, 5.74) is 4.39. The minimum atomic E-state index is -0.219. The van der Waals surface area contributed by atoms with Gasteiger partial charge in [-0.25, -0.2) is 4.39 Å². The van der Waals surface area contributed by atoms with Crippen LogP contribution in [0.5, 0.6) is 0 Å². The van der Waals surface area contributed by atoms with Crippen LogP contribution < -0.4 is 10.0 Å². The average Bonchev–Trinajstić information content (AvgIpc) is 3.16. The maximum absolute atomic E-state index is 13.2. The zero-order chi connectivity index (χ0) is 20.6. The van der Waals surface area contributed by atoms with Gasteiger partial charge in [-0.2, -0.15) is 0 Å². The van der Waals surface area contributed by atoms with Crippen LogP contribution in [0.4, 0.5) is 15.8 Å². The lowest BCUT2D eigenvalue weighted by Gasteiger charge is -2.07. The van der Waals surface area contributed by atoms with Gasteiger partial charge in [0.2, 0.25) is 0 Å². The molecule has 29 heavy (non-hydrogen) atoms. The first-order valence-corrected chi connectivity index (χ1v) is 9.90. The van der Waals surface area contributed by atoms with Gasteiger partial charge in [0.15, 0.2) is 6.29 Å². The molecule has 3 aromatic carbocycles. The Morgan fingerprint density at radius 1 is 0.966 bits per heavy atom. The summed E-state index contributed by atoms with van der Waals surface area (Å²) in [6.07, 6.45) is 0.819. The van der Waals surface area contributed by atoms with Gasteiger partial charge in [-0.3, -0.25) is 4.79 Å². The zero-order valence-corrected chi connectivity index (χ0v) is 17.0. The van der Waals surface area contributed by atoms with Crippen molar-refractivity contribution in [2.24, 2.45) is 0 Å². The van der Waals surface area contributed by atoms with Crippen LogP contribution in [0.2, 0.25) is 0 Å². The number of hydrogen-bond acceptors (Lipinski definition) is 4. The third-order valence-corrected chi connectivity index (χ3v) is 5.00. The predicted octanol–water partition coefficient (Wildman–Crippen LogP) is 6.28. The molecule has 0 atom stereocenters. The van der Waals surface area contributed by atoms with Crippen molar-refractivity contribution in [2.75, 3.05) is 17.1 Å². The number of carbonyl (C=O) groups excluding carboxylic acids is 1. The Morgan fingerprint density at radius 2 is 1.72 bits per heavy atom. The molecule has 0 saturated carbocycles. The Hall–Kier alpha value is -3.25. The first kappa shape index (κ1) is 20.5. The standard InChI is InChI=1S/C14H15FN2S.C9H7NO/c1-10-7-11(15)9-13(8-10)17-18-14-5-3-12(16-2)4-6-14;11-6-8-5-7-3-1-2-4-9(7)10-8/h3-9,16-17H,1-2H3;1-6,10H. The van der Waals surface area contributed by atoms with Crippen LogP contribution in [-0.2, 0) is 0 Å². The Labute approximate surface area is 173 Å². The molecule has 4 nitrogen and oxygen atoms in total. The molecule has 1 heterocycles. The fourth-order valence-electron chi connectivity index (χ4n) is 2.76. The molecule has 0 fully saturated rings. The van der Waals surface area contributed by atoms with Crippen molar-refractivity contribution in [3.63, 3.8) is 0 Å². The molecule has 0 unspecified atom stereocenters. The Balaban J connectivity index is 0.000000186. The van der Waals surface area contributed by atoms with E-state index in [1.807, 2.05) is 74.6 Å². The zero-order valence-electron chi connectivity index (χ0n) is 16.2. The quantitative estimate of drug-likeness (QED) is 0.269. The number of carbonyl (C=O) groups is 1. The Kier molecular flexibility index (Phi) is 6.92. The molecule has 0 amide bonds. The molecule has 4 aromatic rings. The molecular formula is C23H22FN3OS. The van der Waals surface area contributed by atoms with Gasteiger partial charge in [-0.05, 0) is 79.0 Å². The topological polar surface area (TPSA) is 56.9 Å². The number of para-hydroxylation sites is 1. The van der Waals surface area contributed by atoms with Crippen LogP contribution in [0, 0.1) is 12.7 Å². The number of hydrogen-bond donors (Lipinski definition) is 3. The summed E-state index contributed by atoms with van der Waals surface area (Å²) in [7, 11) is 1.88. The van der Waals surface area contributed by atoms with Crippen LogP contribution in [0.1, 0.15) is 16.1 Å². The van der Waals surface area contributed by atoms with Crippen LogP contribution in [0.25, 0.3) is 10.9 Å². The Bertz CT molecular complexity index is 1040. The maximum atomic E-state index is 13.2. The lowest BCUT2D eigenvalue weighted by Crippen LogP contribution is -1.90. The number of halogens is 1. The van der Waals surface area contributed by atoms with E-state index in [2.05, 4.69) is 15.0 Å². The second-order valence-corrected chi connectivity index (χ2v) is 7.31. The first-order valence-electron chi connectivity index (χ1n) is 9.08. The average molecular weight is 408 g/mol. The minimum Gasteiger partial charge on any atom is -0.388 e. The van der Waals surface area contributed by atoms with Crippen LogP contribution in [0.15, 0.2) is 77.7 Å². The van der Waals surface area contributed by atoms with Crippen LogP contribution >= 0.6 is 11.9 Å². The molecule has 0 bridgehead atoms. The third-order valence-electron chi connectivity index (χ3n) is 4.15. The van der Waals surface area contributed by atoms with Crippen molar-refractivity contribution in [3.8, 4) is 0 Å². The Morgan fingerprint density at radius 3 is 2.38 bits per heavy atom. The van der Waals surface area contributed by atoms with Crippen molar-refractivity contribution in [1.82, 2.24) is 4.98 Å². The maximum Gasteiger partial charge on any atom is 0.166 e. The highest BCUT2D eigenvalue weighted by molar-refractivity contribution is 8.00. The number of rotatable bonds is 5.